The van der Waals surface area contributed by atoms with Gasteiger partial charge in [0.2, 0.25) is 6.41 Å². The largest absolute Gasteiger partial charge is 0.383 e. The summed E-state index contributed by atoms with van der Waals surface area (Å²) in [6.45, 7) is 2.59. The fourth-order valence-corrected chi connectivity index (χ4v) is 5.57. The number of fused-ring (bicyclic) bond motifs is 3. The molecule has 1 fully saturated rings. The number of pyridine rings is 1. The number of amides is 1. The molecule has 3 heterocycles. The van der Waals surface area contributed by atoms with Gasteiger partial charge in [-0.1, -0.05) is 18.2 Å². The molecule has 2 atom stereocenters. The molecule has 5 rings (SSSR count). The van der Waals surface area contributed by atoms with Crippen LogP contribution in [-0.2, 0) is 23.1 Å². The molecule has 0 saturated carbocycles. The van der Waals surface area contributed by atoms with Crippen LogP contribution in [0.2, 0.25) is 0 Å². The molecule has 9 nitrogen and oxygen atoms in total. The Bertz CT molecular complexity index is 1510. The second-order valence-corrected chi connectivity index (χ2v) is 10.5. The Morgan fingerprint density at radius 1 is 1.11 bits per heavy atom. The number of benzene rings is 2. The van der Waals surface area contributed by atoms with Gasteiger partial charge in [-0.25, -0.2) is 4.79 Å². The van der Waals surface area contributed by atoms with Crippen molar-refractivity contribution in [3.8, 4) is 11.1 Å². The number of ether oxygens (including phenoxy) is 1. The molecule has 0 aliphatic carbocycles. The number of rotatable bonds is 9. The van der Waals surface area contributed by atoms with Crippen LogP contribution in [0.15, 0.2) is 53.5 Å². The van der Waals surface area contributed by atoms with Crippen molar-refractivity contribution in [2.75, 3.05) is 52.8 Å². The Balaban J connectivity index is 1.45. The number of hydrogen-bond donors (Lipinski definition) is 0. The number of hydrogen-bond acceptors (Lipinski definition) is 6. The molecule has 2 aromatic carbocycles. The number of carbonyl (C=O) groups excluding carboxylic acids is 1. The van der Waals surface area contributed by atoms with E-state index in [0.29, 0.717) is 31.8 Å². The van der Waals surface area contributed by atoms with E-state index in [1.165, 1.54) is 0 Å². The quantitative estimate of drug-likeness (QED) is 0.319. The Morgan fingerprint density at radius 2 is 1.84 bits per heavy atom. The molecule has 2 unspecified atom stereocenters. The third kappa shape index (κ3) is 4.73. The summed E-state index contributed by atoms with van der Waals surface area (Å²) in [5, 5.41) is 0.923. The zero-order chi connectivity index (χ0) is 27.0. The minimum Gasteiger partial charge on any atom is -0.383 e. The lowest BCUT2D eigenvalue weighted by molar-refractivity contribution is -0.107. The number of imidazole rings is 1. The number of likely N-dealkylation sites (tertiary alicyclic amines) is 1. The molecule has 0 N–H and O–H groups in total. The number of carbonyl (C=O) groups is 1. The Hall–Kier alpha value is -3.53. The number of aromatic nitrogens is 3. The fraction of sp³-hybridized carbons (Fsp3) is 0.414. The van der Waals surface area contributed by atoms with Crippen LogP contribution in [-0.4, -0.2) is 90.4 Å². The summed E-state index contributed by atoms with van der Waals surface area (Å²) >= 11 is 0. The van der Waals surface area contributed by atoms with E-state index >= 15 is 0 Å². The third-order valence-corrected chi connectivity index (χ3v) is 7.95. The molecule has 1 amide bonds. The van der Waals surface area contributed by atoms with Gasteiger partial charge in [0, 0.05) is 50.4 Å². The van der Waals surface area contributed by atoms with Crippen molar-refractivity contribution in [3.05, 3.63) is 59.1 Å². The van der Waals surface area contributed by atoms with Gasteiger partial charge in [-0.2, -0.15) is 0 Å². The SMILES string of the molecule is COCCn1c(=O)n(C)c2cnc3ccc(-c4ccc(N(C=O)CC5CC(N(C)C)CN5C)cc4)cc3c21. The van der Waals surface area contributed by atoms with Crippen molar-refractivity contribution in [2.45, 2.75) is 25.0 Å². The van der Waals surface area contributed by atoms with Crippen LogP contribution < -0.4 is 10.6 Å². The topological polar surface area (TPSA) is 75.8 Å². The summed E-state index contributed by atoms with van der Waals surface area (Å²) in [5.41, 5.74) is 5.34. The first-order valence-corrected chi connectivity index (χ1v) is 13.0. The van der Waals surface area contributed by atoms with Gasteiger partial charge in [-0.3, -0.25) is 18.9 Å². The summed E-state index contributed by atoms with van der Waals surface area (Å²) in [6.07, 6.45) is 3.73. The van der Waals surface area contributed by atoms with Gasteiger partial charge in [0.1, 0.15) is 0 Å². The average molecular weight is 517 g/mol. The third-order valence-electron chi connectivity index (χ3n) is 7.95. The van der Waals surface area contributed by atoms with Gasteiger partial charge in [0.25, 0.3) is 0 Å². The normalized spacial score (nSPS) is 18.2. The molecule has 0 spiro atoms. The summed E-state index contributed by atoms with van der Waals surface area (Å²) in [4.78, 5) is 36.0. The van der Waals surface area contributed by atoms with E-state index in [4.69, 9.17) is 4.74 Å². The minimum atomic E-state index is -0.0835. The number of nitrogens with zero attached hydrogens (tertiary/aromatic N) is 6. The van der Waals surface area contributed by atoms with Gasteiger partial charge >= 0.3 is 5.69 Å². The molecule has 200 valence electrons. The van der Waals surface area contributed by atoms with Crippen molar-refractivity contribution in [2.24, 2.45) is 7.05 Å². The van der Waals surface area contributed by atoms with E-state index in [9.17, 15) is 9.59 Å². The lowest BCUT2D eigenvalue weighted by Crippen LogP contribution is -2.38. The van der Waals surface area contributed by atoms with Gasteiger partial charge in [-0.05, 0) is 63.0 Å². The maximum absolute atomic E-state index is 12.9. The molecule has 9 heteroatoms. The highest BCUT2D eigenvalue weighted by Crippen LogP contribution is 2.30. The first-order chi connectivity index (χ1) is 18.3. The van der Waals surface area contributed by atoms with E-state index in [2.05, 4.69) is 42.0 Å². The van der Waals surface area contributed by atoms with Crippen molar-refractivity contribution >= 4 is 34.0 Å². The average Bonchev–Trinajstić information content (AvgIpc) is 3.42. The molecule has 4 aromatic rings. The predicted octanol–water partition coefficient (Wildman–Crippen LogP) is 2.80. The van der Waals surface area contributed by atoms with Gasteiger partial charge < -0.3 is 19.4 Å². The maximum Gasteiger partial charge on any atom is 0.328 e. The van der Waals surface area contributed by atoms with E-state index in [-0.39, 0.29) is 5.69 Å². The van der Waals surface area contributed by atoms with E-state index in [1.807, 2.05) is 36.4 Å². The standard InChI is InChI=1S/C29H36N6O3/c1-31(2)23-15-24(32(3)17-23)18-34(19-36)22-9-6-20(7-10-22)21-8-11-26-25(14-21)28-27(16-30-26)33(4)29(37)35(28)12-13-38-5/h6-11,14,16,19,23-24H,12-13,15,17-18H2,1-5H3. The lowest BCUT2D eigenvalue weighted by atomic mass is 10.0. The minimum absolute atomic E-state index is 0.0835. The second kappa shape index (κ2) is 10.7. The molecule has 1 aliphatic rings. The Kier molecular flexibility index (Phi) is 7.34. The monoisotopic (exact) mass is 516 g/mol. The smallest absolute Gasteiger partial charge is 0.328 e. The molecular formula is C29H36N6O3. The highest BCUT2D eigenvalue weighted by Gasteiger charge is 2.31. The van der Waals surface area contributed by atoms with Crippen molar-refractivity contribution in [3.63, 3.8) is 0 Å². The van der Waals surface area contributed by atoms with Crippen LogP contribution in [0.25, 0.3) is 33.1 Å². The van der Waals surface area contributed by atoms with E-state index in [0.717, 1.165) is 58.1 Å². The van der Waals surface area contributed by atoms with Crippen molar-refractivity contribution in [1.29, 1.82) is 0 Å². The van der Waals surface area contributed by atoms with Gasteiger partial charge in [0.05, 0.1) is 35.9 Å². The number of aryl methyl sites for hydroxylation is 1. The molecular weight excluding hydrogens is 480 g/mol. The molecule has 38 heavy (non-hydrogen) atoms. The molecule has 1 saturated heterocycles. The first kappa shape index (κ1) is 26.1. The lowest BCUT2D eigenvalue weighted by Gasteiger charge is -2.26. The van der Waals surface area contributed by atoms with E-state index < -0.39 is 0 Å². The highest BCUT2D eigenvalue weighted by molar-refractivity contribution is 6.04. The fourth-order valence-electron chi connectivity index (χ4n) is 5.57. The summed E-state index contributed by atoms with van der Waals surface area (Å²) in [7, 11) is 9.76. The van der Waals surface area contributed by atoms with Crippen LogP contribution in [0.1, 0.15) is 6.42 Å². The van der Waals surface area contributed by atoms with Crippen molar-refractivity contribution < 1.29 is 9.53 Å². The molecule has 2 aromatic heterocycles. The summed E-state index contributed by atoms with van der Waals surface area (Å²) in [5.74, 6) is 0. The molecule has 0 radical (unpaired) electrons. The van der Waals surface area contributed by atoms with Crippen LogP contribution in [0.5, 0.6) is 0 Å². The van der Waals surface area contributed by atoms with Crippen LogP contribution >= 0.6 is 0 Å². The van der Waals surface area contributed by atoms with Crippen LogP contribution in [0, 0.1) is 0 Å². The number of methoxy groups -OCH3 is 1. The Morgan fingerprint density at radius 3 is 2.50 bits per heavy atom. The molecule has 0 bridgehead atoms. The maximum atomic E-state index is 12.9. The van der Waals surface area contributed by atoms with Crippen LogP contribution in [0.4, 0.5) is 5.69 Å². The second-order valence-electron chi connectivity index (χ2n) is 10.5. The van der Waals surface area contributed by atoms with Crippen molar-refractivity contribution in [1.82, 2.24) is 23.9 Å². The summed E-state index contributed by atoms with van der Waals surface area (Å²) in [6, 6.07) is 15.1. The number of likely N-dealkylation sites (N-methyl/N-ethyl adjacent to an activating group) is 2. The predicted molar refractivity (Wildman–Crippen MR) is 152 cm³/mol. The number of anilines is 1. The zero-order valence-corrected chi connectivity index (χ0v) is 22.8. The summed E-state index contributed by atoms with van der Waals surface area (Å²) < 4.78 is 8.65. The first-order valence-electron chi connectivity index (χ1n) is 13.0. The Labute approximate surface area is 222 Å². The molecule has 1 aliphatic heterocycles. The van der Waals surface area contributed by atoms with Crippen LogP contribution in [0.3, 0.4) is 0 Å². The van der Waals surface area contributed by atoms with E-state index in [1.54, 1.807) is 34.4 Å². The van der Waals surface area contributed by atoms with Gasteiger partial charge in [0.15, 0.2) is 0 Å². The van der Waals surface area contributed by atoms with Gasteiger partial charge in [-0.15, -0.1) is 0 Å². The zero-order valence-electron chi connectivity index (χ0n) is 22.8. The highest BCUT2D eigenvalue weighted by atomic mass is 16.5.